The van der Waals surface area contributed by atoms with Gasteiger partial charge in [0.05, 0.1) is 6.10 Å². The third kappa shape index (κ3) is 5.09. The number of hydrogen-bond acceptors (Lipinski definition) is 2. The lowest BCUT2D eigenvalue weighted by molar-refractivity contribution is 0.242. The van der Waals surface area contributed by atoms with Gasteiger partial charge in [0, 0.05) is 12.6 Å². The summed E-state index contributed by atoms with van der Waals surface area (Å²) in [6.45, 7) is 11.8. The molecule has 2 nitrogen and oxygen atoms in total. The second-order valence-electron chi connectivity index (χ2n) is 5.45. The summed E-state index contributed by atoms with van der Waals surface area (Å²) in [4.78, 5) is 0. The van der Waals surface area contributed by atoms with Gasteiger partial charge in [-0.2, -0.15) is 0 Å². The first-order valence-electron chi connectivity index (χ1n) is 7.02. The highest BCUT2D eigenvalue weighted by molar-refractivity contribution is 5.27. The largest absolute Gasteiger partial charge is 0.491 e. The molecule has 0 heterocycles. The molecule has 0 saturated heterocycles. The minimum absolute atomic E-state index is 0.236. The van der Waals surface area contributed by atoms with E-state index in [1.807, 2.05) is 26.0 Å². The van der Waals surface area contributed by atoms with Crippen LogP contribution in [0.3, 0.4) is 0 Å². The van der Waals surface area contributed by atoms with Crippen molar-refractivity contribution in [3.63, 3.8) is 0 Å². The van der Waals surface area contributed by atoms with Gasteiger partial charge in [-0.3, -0.25) is 0 Å². The number of benzene rings is 1. The zero-order chi connectivity index (χ0) is 13.5. The van der Waals surface area contributed by atoms with Crippen LogP contribution in [0.2, 0.25) is 0 Å². The Kier molecular flexibility index (Phi) is 6.20. The van der Waals surface area contributed by atoms with E-state index in [0.29, 0.717) is 12.0 Å². The summed E-state index contributed by atoms with van der Waals surface area (Å²) in [5.41, 5.74) is 1.31. The van der Waals surface area contributed by atoms with Gasteiger partial charge in [-0.1, -0.05) is 32.9 Å². The van der Waals surface area contributed by atoms with Crippen molar-refractivity contribution in [2.75, 3.05) is 0 Å². The zero-order valence-corrected chi connectivity index (χ0v) is 12.4. The Labute approximate surface area is 112 Å². The predicted molar refractivity (Wildman–Crippen MR) is 78.0 cm³/mol. The lowest BCUT2D eigenvalue weighted by atomic mass is 10.0. The number of rotatable bonds is 7. The van der Waals surface area contributed by atoms with Crippen molar-refractivity contribution >= 4 is 0 Å². The van der Waals surface area contributed by atoms with E-state index >= 15 is 0 Å². The van der Waals surface area contributed by atoms with Crippen molar-refractivity contribution in [2.24, 2.45) is 5.92 Å². The molecule has 1 N–H and O–H groups in total. The van der Waals surface area contributed by atoms with Crippen molar-refractivity contribution in [3.05, 3.63) is 29.8 Å². The number of nitrogens with one attached hydrogen (secondary N) is 1. The maximum absolute atomic E-state index is 5.63. The number of ether oxygens (including phenoxy) is 1. The van der Waals surface area contributed by atoms with Crippen LogP contribution in [-0.2, 0) is 6.54 Å². The van der Waals surface area contributed by atoms with E-state index in [0.717, 1.165) is 12.3 Å². The third-order valence-corrected chi connectivity index (χ3v) is 3.11. The first-order valence-corrected chi connectivity index (χ1v) is 7.02. The molecule has 0 bridgehead atoms. The Morgan fingerprint density at radius 2 is 1.67 bits per heavy atom. The normalized spacial score (nSPS) is 13.1. The van der Waals surface area contributed by atoms with Gasteiger partial charge in [-0.25, -0.2) is 0 Å². The van der Waals surface area contributed by atoms with Crippen LogP contribution in [0, 0.1) is 5.92 Å². The maximum Gasteiger partial charge on any atom is 0.119 e. The van der Waals surface area contributed by atoms with Gasteiger partial charge in [0.1, 0.15) is 5.75 Å². The van der Waals surface area contributed by atoms with Crippen LogP contribution in [0.15, 0.2) is 24.3 Å². The van der Waals surface area contributed by atoms with Crippen molar-refractivity contribution < 1.29 is 4.74 Å². The Morgan fingerprint density at radius 3 is 2.11 bits per heavy atom. The molecule has 1 aromatic carbocycles. The smallest absolute Gasteiger partial charge is 0.119 e. The van der Waals surface area contributed by atoms with Gasteiger partial charge >= 0.3 is 0 Å². The lowest BCUT2D eigenvalue weighted by Gasteiger charge is -2.20. The Hall–Kier alpha value is -1.02. The summed E-state index contributed by atoms with van der Waals surface area (Å²) in [5.74, 6) is 1.63. The van der Waals surface area contributed by atoms with Gasteiger partial charge in [0.25, 0.3) is 0 Å². The molecule has 1 rings (SSSR count). The van der Waals surface area contributed by atoms with Crippen molar-refractivity contribution in [3.8, 4) is 5.75 Å². The average molecular weight is 249 g/mol. The van der Waals surface area contributed by atoms with Crippen LogP contribution < -0.4 is 10.1 Å². The Bertz CT molecular complexity index is 329. The molecular weight excluding hydrogens is 222 g/mol. The average Bonchev–Trinajstić information content (AvgIpc) is 2.31. The van der Waals surface area contributed by atoms with Crippen LogP contribution in [0.1, 0.15) is 46.6 Å². The molecule has 1 aromatic rings. The van der Waals surface area contributed by atoms with Crippen LogP contribution in [0.4, 0.5) is 0 Å². The van der Waals surface area contributed by atoms with Crippen LogP contribution >= 0.6 is 0 Å². The summed E-state index contributed by atoms with van der Waals surface area (Å²) >= 11 is 0. The molecule has 0 aromatic heterocycles. The van der Waals surface area contributed by atoms with E-state index in [-0.39, 0.29) is 6.10 Å². The summed E-state index contributed by atoms with van der Waals surface area (Å²) in [7, 11) is 0. The van der Waals surface area contributed by atoms with Gasteiger partial charge < -0.3 is 10.1 Å². The summed E-state index contributed by atoms with van der Waals surface area (Å²) in [6, 6.07) is 8.97. The molecule has 1 atom stereocenters. The highest BCUT2D eigenvalue weighted by atomic mass is 16.5. The third-order valence-electron chi connectivity index (χ3n) is 3.11. The van der Waals surface area contributed by atoms with Crippen LogP contribution in [-0.4, -0.2) is 12.1 Å². The van der Waals surface area contributed by atoms with E-state index < -0.39 is 0 Å². The summed E-state index contributed by atoms with van der Waals surface area (Å²) < 4.78 is 5.63. The molecule has 1 unspecified atom stereocenters. The van der Waals surface area contributed by atoms with E-state index in [9.17, 15) is 0 Å². The first kappa shape index (κ1) is 15.0. The molecule has 102 valence electrons. The standard InChI is InChI=1S/C16H27NO/c1-6-16(12(2)3)17-11-14-7-9-15(10-8-14)18-13(4)5/h7-10,12-13,16-17H,6,11H2,1-5H3. The van der Waals surface area contributed by atoms with Gasteiger partial charge in [-0.15, -0.1) is 0 Å². The predicted octanol–water partition coefficient (Wildman–Crippen LogP) is 4.00. The Morgan fingerprint density at radius 1 is 1.06 bits per heavy atom. The first-order chi connectivity index (χ1) is 8.52. The van der Waals surface area contributed by atoms with Crippen LogP contribution in [0.5, 0.6) is 5.75 Å². The lowest BCUT2D eigenvalue weighted by Crippen LogP contribution is -2.32. The minimum Gasteiger partial charge on any atom is -0.491 e. The number of hydrogen-bond donors (Lipinski definition) is 1. The molecule has 2 heteroatoms. The molecule has 0 aliphatic carbocycles. The molecule has 18 heavy (non-hydrogen) atoms. The van der Waals surface area contributed by atoms with Gasteiger partial charge in [0.2, 0.25) is 0 Å². The molecule has 0 radical (unpaired) electrons. The monoisotopic (exact) mass is 249 g/mol. The van der Waals surface area contributed by atoms with Crippen molar-refractivity contribution in [2.45, 2.75) is 59.7 Å². The van der Waals surface area contributed by atoms with Crippen molar-refractivity contribution in [1.82, 2.24) is 5.32 Å². The summed E-state index contributed by atoms with van der Waals surface area (Å²) in [6.07, 6.45) is 1.41. The molecule has 0 fully saturated rings. The molecule has 0 amide bonds. The van der Waals surface area contributed by atoms with Crippen LogP contribution in [0.25, 0.3) is 0 Å². The molecule has 0 saturated carbocycles. The highest BCUT2D eigenvalue weighted by Gasteiger charge is 2.09. The molecule has 0 aliphatic rings. The highest BCUT2D eigenvalue weighted by Crippen LogP contribution is 2.14. The van der Waals surface area contributed by atoms with Crippen molar-refractivity contribution in [1.29, 1.82) is 0 Å². The topological polar surface area (TPSA) is 21.3 Å². The maximum atomic E-state index is 5.63. The van der Waals surface area contributed by atoms with E-state index in [1.165, 1.54) is 12.0 Å². The molecule has 0 spiro atoms. The quantitative estimate of drug-likeness (QED) is 0.788. The Balaban J connectivity index is 2.48. The minimum atomic E-state index is 0.236. The van der Waals surface area contributed by atoms with E-state index in [4.69, 9.17) is 4.74 Å². The van der Waals surface area contributed by atoms with Gasteiger partial charge in [0.15, 0.2) is 0 Å². The van der Waals surface area contributed by atoms with E-state index in [2.05, 4.69) is 38.2 Å². The zero-order valence-electron chi connectivity index (χ0n) is 12.4. The van der Waals surface area contributed by atoms with E-state index in [1.54, 1.807) is 0 Å². The fourth-order valence-corrected chi connectivity index (χ4v) is 2.06. The SMILES string of the molecule is CCC(NCc1ccc(OC(C)C)cc1)C(C)C. The fourth-order valence-electron chi connectivity index (χ4n) is 2.06. The second kappa shape index (κ2) is 7.42. The molecular formula is C16H27NO. The second-order valence-corrected chi connectivity index (χ2v) is 5.45. The summed E-state index contributed by atoms with van der Waals surface area (Å²) in [5, 5.41) is 3.60. The van der Waals surface area contributed by atoms with Gasteiger partial charge in [-0.05, 0) is 43.9 Å². The molecule has 0 aliphatic heterocycles. The fraction of sp³-hybridized carbons (Fsp3) is 0.625.